The molecule has 4 heterocycles. The highest BCUT2D eigenvalue weighted by molar-refractivity contribution is 5.83. The Labute approximate surface area is 156 Å². The molecule has 0 bridgehead atoms. The number of aryl methyl sites for hydroxylation is 3. The summed E-state index contributed by atoms with van der Waals surface area (Å²) in [5.41, 5.74) is 3.99. The molecule has 140 valence electrons. The van der Waals surface area contributed by atoms with E-state index in [4.69, 9.17) is 5.10 Å². The minimum Gasteiger partial charge on any atom is -0.354 e. The van der Waals surface area contributed by atoms with Crippen molar-refractivity contribution in [3.8, 4) is 0 Å². The molecule has 0 N–H and O–H groups in total. The first-order valence-electron chi connectivity index (χ1n) is 9.69. The average Bonchev–Trinajstić information content (AvgIpc) is 3.09. The lowest BCUT2D eigenvalue weighted by Crippen LogP contribution is -2.39. The highest BCUT2D eigenvalue weighted by Gasteiger charge is 2.26. The molecule has 3 aromatic rings. The Morgan fingerprint density at radius 2 is 1.89 bits per heavy atom. The second-order valence-electron chi connectivity index (χ2n) is 7.55. The zero-order valence-electron chi connectivity index (χ0n) is 15.5. The van der Waals surface area contributed by atoms with E-state index in [0.717, 1.165) is 73.4 Å². The Morgan fingerprint density at radius 1 is 1.07 bits per heavy atom. The zero-order chi connectivity index (χ0) is 18.4. The van der Waals surface area contributed by atoms with Gasteiger partial charge < -0.3 is 9.47 Å². The van der Waals surface area contributed by atoms with Gasteiger partial charge in [0.25, 0.3) is 5.56 Å². The molecule has 0 saturated carbocycles. The van der Waals surface area contributed by atoms with Crippen molar-refractivity contribution in [2.45, 2.75) is 44.6 Å². The van der Waals surface area contributed by atoms with Gasteiger partial charge in [-0.3, -0.25) is 4.79 Å². The molecule has 1 saturated heterocycles. The average molecular weight is 365 g/mol. The van der Waals surface area contributed by atoms with Crippen molar-refractivity contribution in [2.24, 2.45) is 7.05 Å². The molecule has 2 aliphatic rings. The molecule has 8 nitrogen and oxygen atoms in total. The fourth-order valence-corrected chi connectivity index (χ4v) is 4.33. The molecule has 3 aromatic heterocycles. The lowest BCUT2D eigenvalue weighted by Gasteiger charge is -2.33. The van der Waals surface area contributed by atoms with Crippen LogP contribution in [0.2, 0.25) is 0 Å². The number of nitrogens with zero attached hydrogens (tertiary/aromatic N) is 7. The third-order valence-corrected chi connectivity index (χ3v) is 5.82. The Balaban J connectivity index is 1.38. The predicted octanol–water partition coefficient (Wildman–Crippen LogP) is 1.64. The molecule has 0 radical (unpaired) electrons. The maximum Gasteiger partial charge on any atom is 0.267 e. The normalized spacial score (nSPS) is 18.0. The van der Waals surface area contributed by atoms with E-state index in [9.17, 15) is 4.79 Å². The number of imidazole rings is 1. The van der Waals surface area contributed by atoms with Crippen LogP contribution in [0, 0.1) is 0 Å². The first kappa shape index (κ1) is 16.4. The maximum absolute atomic E-state index is 12.6. The summed E-state index contributed by atoms with van der Waals surface area (Å²) >= 11 is 0. The van der Waals surface area contributed by atoms with Crippen LogP contribution < -0.4 is 10.5 Å². The van der Waals surface area contributed by atoms with Gasteiger partial charge in [0.15, 0.2) is 17.0 Å². The lowest BCUT2D eigenvalue weighted by atomic mass is 9.97. The standard InChI is InChI=1S/C19H23N7O/c1-24-12-22-17-18(24)20-11-21-19(17)25-8-6-14(7-9-25)26-16(27)10-13-4-2-3-5-15(13)23-26/h10-12,14H,2-9H2,1H3. The van der Waals surface area contributed by atoms with E-state index in [0.29, 0.717) is 0 Å². The summed E-state index contributed by atoms with van der Waals surface area (Å²) in [6, 6.07) is 1.97. The van der Waals surface area contributed by atoms with Crippen molar-refractivity contribution in [1.29, 1.82) is 0 Å². The fraction of sp³-hybridized carbons (Fsp3) is 0.526. The fourth-order valence-electron chi connectivity index (χ4n) is 4.33. The molecule has 27 heavy (non-hydrogen) atoms. The van der Waals surface area contributed by atoms with E-state index < -0.39 is 0 Å². The molecule has 0 atom stereocenters. The summed E-state index contributed by atoms with van der Waals surface area (Å²) in [7, 11) is 1.94. The van der Waals surface area contributed by atoms with Crippen molar-refractivity contribution in [3.05, 3.63) is 40.3 Å². The van der Waals surface area contributed by atoms with Gasteiger partial charge in [-0.05, 0) is 44.1 Å². The van der Waals surface area contributed by atoms with Crippen LogP contribution in [0.4, 0.5) is 5.82 Å². The van der Waals surface area contributed by atoms with Crippen molar-refractivity contribution < 1.29 is 0 Å². The van der Waals surface area contributed by atoms with Gasteiger partial charge in [0.05, 0.1) is 18.1 Å². The smallest absolute Gasteiger partial charge is 0.267 e. The SMILES string of the molecule is Cn1cnc2c(N3CCC(n4nc5c(cc4=O)CCCC5)CC3)ncnc21. The van der Waals surface area contributed by atoms with E-state index in [1.807, 2.05) is 17.7 Å². The Morgan fingerprint density at radius 3 is 2.74 bits per heavy atom. The van der Waals surface area contributed by atoms with Crippen LogP contribution in [0.25, 0.3) is 11.2 Å². The predicted molar refractivity (Wildman–Crippen MR) is 102 cm³/mol. The van der Waals surface area contributed by atoms with Crippen LogP contribution in [-0.2, 0) is 19.9 Å². The van der Waals surface area contributed by atoms with Gasteiger partial charge >= 0.3 is 0 Å². The topological polar surface area (TPSA) is 81.7 Å². The molecule has 0 spiro atoms. The Kier molecular flexibility index (Phi) is 3.91. The largest absolute Gasteiger partial charge is 0.354 e. The van der Waals surface area contributed by atoms with Gasteiger partial charge in [0, 0.05) is 26.2 Å². The van der Waals surface area contributed by atoms with Crippen LogP contribution in [-0.4, -0.2) is 42.4 Å². The summed E-state index contributed by atoms with van der Waals surface area (Å²) in [6.07, 6.45) is 9.45. The number of hydrogen-bond donors (Lipinski definition) is 0. The third-order valence-electron chi connectivity index (χ3n) is 5.82. The van der Waals surface area contributed by atoms with Gasteiger partial charge in [0.2, 0.25) is 0 Å². The molecule has 1 aliphatic carbocycles. The van der Waals surface area contributed by atoms with Crippen LogP contribution in [0.5, 0.6) is 0 Å². The van der Waals surface area contributed by atoms with Crippen LogP contribution in [0.1, 0.15) is 43.0 Å². The molecule has 1 aliphatic heterocycles. The molecule has 8 heteroatoms. The number of anilines is 1. The van der Waals surface area contributed by atoms with Crippen molar-refractivity contribution in [1.82, 2.24) is 29.3 Å². The summed E-state index contributed by atoms with van der Waals surface area (Å²) in [5, 5.41) is 4.73. The van der Waals surface area contributed by atoms with Gasteiger partial charge in [-0.2, -0.15) is 5.10 Å². The van der Waals surface area contributed by atoms with Gasteiger partial charge in [0.1, 0.15) is 6.33 Å². The molecule has 1 fully saturated rings. The quantitative estimate of drug-likeness (QED) is 0.687. The van der Waals surface area contributed by atoms with Crippen LogP contribution >= 0.6 is 0 Å². The number of fused-ring (bicyclic) bond motifs is 2. The first-order valence-corrected chi connectivity index (χ1v) is 9.69. The molecule has 0 aromatic carbocycles. The first-order chi connectivity index (χ1) is 13.2. The molecule has 5 rings (SSSR count). The molecular formula is C19H23N7O. The number of rotatable bonds is 2. The van der Waals surface area contributed by atoms with E-state index in [-0.39, 0.29) is 11.6 Å². The van der Waals surface area contributed by atoms with E-state index >= 15 is 0 Å². The second kappa shape index (κ2) is 6.44. The second-order valence-corrected chi connectivity index (χ2v) is 7.55. The third kappa shape index (κ3) is 2.79. The molecule has 0 unspecified atom stereocenters. The van der Waals surface area contributed by atoms with Crippen LogP contribution in [0.15, 0.2) is 23.5 Å². The van der Waals surface area contributed by atoms with E-state index in [1.54, 1.807) is 17.3 Å². The minimum absolute atomic E-state index is 0.0447. The van der Waals surface area contributed by atoms with E-state index in [2.05, 4.69) is 19.9 Å². The van der Waals surface area contributed by atoms with Gasteiger partial charge in [-0.15, -0.1) is 0 Å². The lowest BCUT2D eigenvalue weighted by molar-refractivity contribution is 0.347. The summed E-state index contributed by atoms with van der Waals surface area (Å²) in [4.78, 5) is 28.1. The molecule has 0 amide bonds. The number of hydrogen-bond acceptors (Lipinski definition) is 6. The monoisotopic (exact) mass is 365 g/mol. The highest BCUT2D eigenvalue weighted by Crippen LogP contribution is 2.28. The van der Waals surface area contributed by atoms with Crippen molar-refractivity contribution in [2.75, 3.05) is 18.0 Å². The van der Waals surface area contributed by atoms with Gasteiger partial charge in [-0.1, -0.05) is 0 Å². The summed E-state index contributed by atoms with van der Waals surface area (Å²) in [6.45, 7) is 1.66. The Bertz CT molecular complexity index is 1050. The minimum atomic E-state index is 0.0447. The number of aromatic nitrogens is 6. The summed E-state index contributed by atoms with van der Waals surface area (Å²) in [5.74, 6) is 0.879. The Hall–Kier alpha value is -2.77. The molecular weight excluding hydrogens is 342 g/mol. The van der Waals surface area contributed by atoms with Gasteiger partial charge in [-0.25, -0.2) is 19.6 Å². The summed E-state index contributed by atoms with van der Waals surface area (Å²) < 4.78 is 3.64. The number of piperidine rings is 1. The van der Waals surface area contributed by atoms with E-state index in [1.165, 1.54) is 6.42 Å². The van der Waals surface area contributed by atoms with Crippen molar-refractivity contribution >= 4 is 17.0 Å². The van der Waals surface area contributed by atoms with Crippen molar-refractivity contribution in [3.63, 3.8) is 0 Å². The zero-order valence-corrected chi connectivity index (χ0v) is 15.5. The highest BCUT2D eigenvalue weighted by atomic mass is 16.1. The van der Waals surface area contributed by atoms with Crippen LogP contribution in [0.3, 0.4) is 0 Å². The maximum atomic E-state index is 12.6.